The van der Waals surface area contributed by atoms with E-state index >= 15 is 0 Å². The van der Waals surface area contributed by atoms with E-state index in [1.54, 1.807) is 0 Å². The first-order chi connectivity index (χ1) is 13.4. The molecule has 0 aliphatic heterocycles. The Bertz CT molecular complexity index is 300. The van der Waals surface area contributed by atoms with Gasteiger partial charge >= 0.3 is 7.82 Å². The van der Waals surface area contributed by atoms with Crippen LogP contribution in [0.5, 0.6) is 0 Å². The quantitative estimate of drug-likeness (QED) is 0.149. The maximum absolute atomic E-state index is 8.88. The third kappa shape index (κ3) is 40.9. The zero-order valence-electron chi connectivity index (χ0n) is 17.9. The molecule has 0 fully saturated rings. The Balaban J connectivity index is 0. The zero-order chi connectivity index (χ0) is 21.3. The smallest absolute Gasteiger partial charge is 0.396 e. The molecule has 0 atom stereocenters. The first-order valence-corrected chi connectivity index (χ1v) is 13.7. The van der Waals surface area contributed by atoms with Gasteiger partial charge in [-0.1, -0.05) is 71.1 Å². The Hall–Kier alpha value is 0.380. The van der Waals surface area contributed by atoms with Gasteiger partial charge in [0.15, 0.2) is 0 Å². The van der Waals surface area contributed by atoms with E-state index in [0.29, 0.717) is 6.61 Å². The van der Waals surface area contributed by atoms with E-state index in [4.69, 9.17) is 29.1 Å². The van der Waals surface area contributed by atoms with E-state index in [0.717, 1.165) is 25.4 Å². The van der Waals surface area contributed by atoms with Crippen molar-refractivity contribution in [2.75, 3.05) is 31.3 Å². The largest absolute Gasteiger partial charge is 0.466 e. The molecule has 0 unspecified atom stereocenters. The number of phosphoric acid groups is 1. The zero-order valence-corrected chi connectivity index (χ0v) is 19.6. The molecule has 0 amide bonds. The number of aliphatic hydroxyl groups excluding tert-OH is 1. The molecule has 6 nitrogen and oxygen atoms in total. The van der Waals surface area contributed by atoms with Gasteiger partial charge in [0.1, 0.15) is 0 Å². The number of unbranched alkanes of at least 4 members (excludes halogenated alkanes) is 11. The third-order valence-electron chi connectivity index (χ3n) is 4.17. The molecule has 0 aromatic heterocycles. The average molecular weight is 445 g/mol. The summed E-state index contributed by atoms with van der Waals surface area (Å²) in [5.74, 6) is 2.37. The lowest BCUT2D eigenvalue weighted by Gasteiger charge is -2.05. The van der Waals surface area contributed by atoms with Gasteiger partial charge < -0.3 is 24.5 Å². The van der Waals surface area contributed by atoms with Crippen LogP contribution >= 0.6 is 19.6 Å². The van der Waals surface area contributed by atoms with Crippen molar-refractivity contribution in [1.29, 1.82) is 0 Å². The fourth-order valence-electron chi connectivity index (χ4n) is 2.65. The monoisotopic (exact) mass is 444 g/mol. The van der Waals surface area contributed by atoms with Gasteiger partial charge in [-0.2, -0.15) is 11.8 Å². The molecule has 172 valence electrons. The fraction of sp³-hybridized carbons (Fsp3) is 1.00. The van der Waals surface area contributed by atoms with Crippen LogP contribution < -0.4 is 0 Å². The fourth-order valence-corrected chi connectivity index (χ4v) is 3.59. The molecule has 0 heterocycles. The lowest BCUT2D eigenvalue weighted by atomic mass is 10.1. The molecular formula is C20H45O6PS. The highest BCUT2D eigenvalue weighted by molar-refractivity contribution is 7.99. The molecule has 4 N–H and O–H groups in total. The molecule has 0 saturated carbocycles. The van der Waals surface area contributed by atoms with Gasteiger partial charge in [-0.25, -0.2) is 4.57 Å². The number of hydrogen-bond acceptors (Lipinski definition) is 4. The topological polar surface area (TPSA) is 107 Å². The van der Waals surface area contributed by atoms with Crippen molar-refractivity contribution in [1.82, 2.24) is 0 Å². The first-order valence-electron chi connectivity index (χ1n) is 11.0. The maximum atomic E-state index is 8.88. The van der Waals surface area contributed by atoms with Gasteiger partial charge in [0.25, 0.3) is 0 Å². The highest BCUT2D eigenvalue weighted by Gasteiger charge is 2.00. The van der Waals surface area contributed by atoms with Crippen LogP contribution in [0.15, 0.2) is 0 Å². The molecule has 0 aliphatic rings. The van der Waals surface area contributed by atoms with Crippen LogP contribution in [0.3, 0.4) is 0 Å². The molecule has 8 heteroatoms. The average Bonchev–Trinajstić information content (AvgIpc) is 2.62. The molecule has 0 aliphatic carbocycles. The van der Waals surface area contributed by atoms with Crippen LogP contribution in [0.2, 0.25) is 0 Å². The summed E-state index contributed by atoms with van der Waals surface area (Å²) in [6.07, 6.45) is 18.5. The van der Waals surface area contributed by atoms with Crippen molar-refractivity contribution < 1.29 is 29.1 Å². The van der Waals surface area contributed by atoms with Crippen molar-refractivity contribution in [3.8, 4) is 0 Å². The van der Waals surface area contributed by atoms with Crippen LogP contribution in [0.4, 0.5) is 0 Å². The van der Waals surface area contributed by atoms with Gasteiger partial charge in [-0.05, 0) is 37.2 Å². The van der Waals surface area contributed by atoms with Crippen LogP contribution in [-0.4, -0.2) is 51.1 Å². The predicted molar refractivity (Wildman–Crippen MR) is 120 cm³/mol. The Morgan fingerprint density at radius 2 is 1.07 bits per heavy atom. The molecule has 0 rings (SSSR count). The number of aliphatic hydroxyl groups is 1. The van der Waals surface area contributed by atoms with Crippen molar-refractivity contribution in [3.05, 3.63) is 0 Å². The minimum Gasteiger partial charge on any atom is -0.396 e. The molecule has 0 radical (unpaired) electrons. The minimum atomic E-state index is -4.64. The number of hydrogen-bond donors (Lipinski definition) is 4. The van der Waals surface area contributed by atoms with E-state index in [-0.39, 0.29) is 0 Å². The lowest BCUT2D eigenvalue weighted by molar-refractivity contribution is 0.125. The van der Waals surface area contributed by atoms with E-state index < -0.39 is 7.82 Å². The maximum Gasteiger partial charge on any atom is 0.466 e. The lowest BCUT2D eigenvalue weighted by Crippen LogP contribution is -1.97. The number of rotatable bonds is 20. The van der Waals surface area contributed by atoms with Crippen molar-refractivity contribution >= 4 is 19.6 Å². The standard InChI is InChI=1S/C20H42O2S.H3O4P/c1-2-3-4-5-6-7-9-12-17-22-18-13-10-8-11-14-19-23-20-15-16-21;1-5(2,3)4/h21H,2-20H2,1H3;(H3,1,2,3,4). The van der Waals surface area contributed by atoms with E-state index in [2.05, 4.69) is 6.92 Å². The molecule has 0 bridgehead atoms. The Morgan fingerprint density at radius 3 is 1.54 bits per heavy atom. The van der Waals surface area contributed by atoms with Crippen LogP contribution in [0.25, 0.3) is 0 Å². The van der Waals surface area contributed by atoms with E-state index in [1.807, 2.05) is 11.8 Å². The summed E-state index contributed by atoms with van der Waals surface area (Å²) in [7, 11) is -4.64. The highest BCUT2D eigenvalue weighted by atomic mass is 32.2. The Labute approximate surface area is 177 Å². The van der Waals surface area contributed by atoms with Crippen molar-refractivity contribution in [2.45, 2.75) is 96.8 Å². The molecule has 28 heavy (non-hydrogen) atoms. The summed E-state index contributed by atoms with van der Waals surface area (Å²) in [6, 6.07) is 0. The van der Waals surface area contributed by atoms with E-state index in [1.165, 1.54) is 89.2 Å². The van der Waals surface area contributed by atoms with Crippen LogP contribution in [0.1, 0.15) is 96.8 Å². The summed E-state index contributed by atoms with van der Waals surface area (Å²) in [5, 5.41) is 8.68. The predicted octanol–water partition coefficient (Wildman–Crippen LogP) is 5.28. The normalized spacial score (nSPS) is 11.3. The second kappa shape index (κ2) is 25.4. The molecule has 0 aromatic carbocycles. The van der Waals surface area contributed by atoms with Crippen LogP contribution in [0, 0.1) is 0 Å². The summed E-state index contributed by atoms with van der Waals surface area (Å²) in [6.45, 7) is 4.54. The summed E-state index contributed by atoms with van der Waals surface area (Å²) in [5.41, 5.74) is 0. The molecular weight excluding hydrogens is 399 g/mol. The number of ether oxygens (including phenoxy) is 1. The van der Waals surface area contributed by atoms with Gasteiger partial charge in [-0.3, -0.25) is 0 Å². The SMILES string of the molecule is CCCCCCCCCCOCCCCCCCSCCCO.O=P(O)(O)O. The second-order valence-electron chi connectivity index (χ2n) is 7.06. The Kier molecular flexibility index (Phi) is 27.8. The summed E-state index contributed by atoms with van der Waals surface area (Å²) in [4.78, 5) is 21.6. The first kappa shape index (κ1) is 30.6. The van der Waals surface area contributed by atoms with Gasteiger partial charge in [0, 0.05) is 19.8 Å². The Morgan fingerprint density at radius 1 is 0.679 bits per heavy atom. The molecule has 0 saturated heterocycles. The van der Waals surface area contributed by atoms with E-state index in [9.17, 15) is 0 Å². The summed E-state index contributed by atoms with van der Waals surface area (Å²) >= 11 is 1.98. The highest BCUT2D eigenvalue weighted by Crippen LogP contribution is 2.25. The summed E-state index contributed by atoms with van der Waals surface area (Å²) < 4.78 is 14.6. The van der Waals surface area contributed by atoms with Gasteiger partial charge in [-0.15, -0.1) is 0 Å². The second-order valence-corrected chi connectivity index (χ2v) is 9.31. The van der Waals surface area contributed by atoms with Crippen molar-refractivity contribution in [2.24, 2.45) is 0 Å². The molecule has 0 spiro atoms. The van der Waals surface area contributed by atoms with Gasteiger partial charge in [0.2, 0.25) is 0 Å². The van der Waals surface area contributed by atoms with Gasteiger partial charge in [0.05, 0.1) is 0 Å². The van der Waals surface area contributed by atoms with Crippen LogP contribution in [-0.2, 0) is 9.30 Å². The minimum absolute atomic E-state index is 0.339. The third-order valence-corrected chi connectivity index (χ3v) is 5.32. The van der Waals surface area contributed by atoms with Crippen molar-refractivity contribution in [3.63, 3.8) is 0 Å². The number of thioether (sulfide) groups is 1. The molecule has 0 aromatic rings.